The largest absolute Gasteiger partial charge is 0.344 e. The zero-order chi connectivity index (χ0) is 43.4. The van der Waals surface area contributed by atoms with Gasteiger partial charge in [0, 0.05) is 49.8 Å². The summed E-state index contributed by atoms with van der Waals surface area (Å²) in [5.41, 5.74) is -1.22. The molecule has 22 heteroatoms. The highest BCUT2D eigenvalue weighted by Crippen LogP contribution is 2.68. The number of aromatic nitrogens is 8. The van der Waals surface area contributed by atoms with Crippen molar-refractivity contribution in [3.8, 4) is 16.9 Å². The van der Waals surface area contributed by atoms with Gasteiger partial charge in [-0.1, -0.05) is 17.7 Å². The molecule has 0 spiro atoms. The number of hydrogen-bond donors (Lipinski definition) is 2. The predicted molar refractivity (Wildman–Crippen MR) is 210 cm³/mol. The Hall–Kier alpha value is -6.22. The first-order valence-electron chi connectivity index (χ1n) is 18.5. The highest BCUT2D eigenvalue weighted by atomic mass is 35.5. The lowest BCUT2D eigenvalue weighted by molar-refractivity contribution is -0.123. The van der Waals surface area contributed by atoms with E-state index in [-0.39, 0.29) is 61.7 Å². The van der Waals surface area contributed by atoms with Crippen LogP contribution >= 0.6 is 11.6 Å². The SMILES string of the molecule is Cn1nccc1-c1ccc2c(=O)n(-c3ccc(Cl)c4c(NS(C)(=O)=O)nn(C)c34)c([C@H](Cc3cc(F)cc(F)c3)NC(=O)Cn3nc(C(F)F)c4c3C(F)(F)[C@@H]3C[C@H]43)nc2c1. The molecule has 1 fully saturated rings. The molecule has 0 saturated heterocycles. The Balaban J connectivity index is 1.26. The van der Waals surface area contributed by atoms with Crippen LogP contribution in [0.25, 0.3) is 38.8 Å². The molecule has 4 aromatic heterocycles. The number of rotatable bonds is 11. The number of hydrogen-bond acceptors (Lipinski definition) is 8. The van der Waals surface area contributed by atoms with Crippen molar-refractivity contribution in [2.45, 2.75) is 43.7 Å². The summed E-state index contributed by atoms with van der Waals surface area (Å²) in [7, 11) is -0.749. The van der Waals surface area contributed by atoms with Gasteiger partial charge in [0.15, 0.2) is 5.82 Å². The Labute approximate surface area is 345 Å². The number of carbonyl (C=O) groups is 1. The van der Waals surface area contributed by atoms with Gasteiger partial charge in [-0.15, -0.1) is 0 Å². The number of sulfonamides is 1. The van der Waals surface area contributed by atoms with Crippen LogP contribution in [-0.4, -0.2) is 59.5 Å². The van der Waals surface area contributed by atoms with Crippen molar-refractivity contribution in [2.24, 2.45) is 20.0 Å². The summed E-state index contributed by atoms with van der Waals surface area (Å²) in [6.07, 6.45) is -1.20. The maximum atomic E-state index is 15.5. The van der Waals surface area contributed by atoms with E-state index in [9.17, 15) is 35.6 Å². The van der Waals surface area contributed by atoms with Crippen molar-refractivity contribution >= 4 is 55.2 Å². The smallest absolute Gasteiger partial charge is 0.293 e. The molecule has 4 heterocycles. The maximum Gasteiger partial charge on any atom is 0.293 e. The van der Waals surface area contributed by atoms with Gasteiger partial charge in [0.2, 0.25) is 15.9 Å². The fourth-order valence-corrected chi connectivity index (χ4v) is 9.13. The molecular weight excluding hydrogens is 854 g/mol. The zero-order valence-corrected chi connectivity index (χ0v) is 33.5. The van der Waals surface area contributed by atoms with Crippen LogP contribution in [0.2, 0.25) is 5.02 Å². The summed E-state index contributed by atoms with van der Waals surface area (Å²) in [6, 6.07) is 10.4. The van der Waals surface area contributed by atoms with E-state index in [0.717, 1.165) is 23.0 Å². The Kier molecular flexibility index (Phi) is 9.35. The van der Waals surface area contributed by atoms with Crippen LogP contribution in [-0.2, 0) is 47.8 Å². The number of benzene rings is 3. The lowest BCUT2D eigenvalue weighted by Crippen LogP contribution is -2.38. The number of carbonyl (C=O) groups excluding carboxylic acids is 1. The number of aryl methyl sites for hydroxylation is 2. The molecule has 3 aromatic carbocycles. The van der Waals surface area contributed by atoms with Crippen LogP contribution in [0.4, 0.5) is 32.2 Å². The van der Waals surface area contributed by atoms with Crippen molar-refractivity contribution in [3.63, 3.8) is 0 Å². The predicted octanol–water partition coefficient (Wildman–Crippen LogP) is 6.42. The highest BCUT2D eigenvalue weighted by molar-refractivity contribution is 7.92. The van der Waals surface area contributed by atoms with E-state index in [1.165, 1.54) is 29.9 Å². The third kappa shape index (κ3) is 6.88. The zero-order valence-electron chi connectivity index (χ0n) is 32.0. The Bertz CT molecular complexity index is 3140. The molecule has 9 rings (SSSR count). The summed E-state index contributed by atoms with van der Waals surface area (Å²) >= 11 is 6.62. The van der Waals surface area contributed by atoms with E-state index in [1.54, 1.807) is 36.1 Å². The number of amides is 1. The quantitative estimate of drug-likeness (QED) is 0.141. The van der Waals surface area contributed by atoms with Gasteiger partial charge in [-0.3, -0.25) is 32.9 Å². The number of anilines is 1. The summed E-state index contributed by atoms with van der Waals surface area (Å²) in [4.78, 5) is 34.0. The molecule has 1 saturated carbocycles. The lowest BCUT2D eigenvalue weighted by Gasteiger charge is -2.24. The third-order valence-electron chi connectivity index (χ3n) is 10.9. The Morgan fingerprint density at radius 3 is 2.43 bits per heavy atom. The van der Waals surface area contributed by atoms with Crippen molar-refractivity contribution < 1.29 is 39.6 Å². The third-order valence-corrected chi connectivity index (χ3v) is 11.8. The normalized spacial score (nSPS) is 17.2. The molecule has 3 atom stereocenters. The van der Waals surface area contributed by atoms with Gasteiger partial charge < -0.3 is 5.32 Å². The average Bonchev–Trinajstić information content (AvgIpc) is 3.40. The van der Waals surface area contributed by atoms with Gasteiger partial charge in [0.05, 0.1) is 50.5 Å². The van der Waals surface area contributed by atoms with Crippen LogP contribution in [0, 0.1) is 17.6 Å². The molecule has 0 bridgehead atoms. The van der Waals surface area contributed by atoms with Gasteiger partial charge in [0.25, 0.3) is 17.9 Å². The first-order chi connectivity index (χ1) is 28.8. The highest BCUT2D eigenvalue weighted by Gasteiger charge is 2.67. The van der Waals surface area contributed by atoms with Crippen LogP contribution in [0.5, 0.6) is 0 Å². The van der Waals surface area contributed by atoms with Crippen molar-refractivity contribution in [1.29, 1.82) is 0 Å². The van der Waals surface area contributed by atoms with Crippen LogP contribution in [0.1, 0.15) is 53.1 Å². The second kappa shape index (κ2) is 14.2. The van der Waals surface area contributed by atoms with Crippen LogP contribution < -0.4 is 15.6 Å². The molecule has 2 aliphatic rings. The summed E-state index contributed by atoms with van der Waals surface area (Å²) in [6.45, 7) is -0.978. The van der Waals surface area contributed by atoms with Gasteiger partial charge in [-0.2, -0.15) is 24.1 Å². The molecule has 2 aliphatic carbocycles. The molecular formula is C39H31ClF6N10O4S. The summed E-state index contributed by atoms with van der Waals surface area (Å²) in [5, 5.41) is 15.1. The number of alkyl halides is 4. The molecule has 316 valence electrons. The molecule has 0 radical (unpaired) electrons. The van der Waals surface area contributed by atoms with Gasteiger partial charge >= 0.3 is 0 Å². The minimum Gasteiger partial charge on any atom is -0.344 e. The van der Waals surface area contributed by atoms with E-state index in [2.05, 4.69) is 25.3 Å². The van der Waals surface area contributed by atoms with Crippen LogP contribution in [0.3, 0.4) is 0 Å². The Morgan fingerprint density at radius 1 is 1.02 bits per heavy atom. The Morgan fingerprint density at radius 2 is 1.75 bits per heavy atom. The molecule has 1 amide bonds. The fraction of sp³-hybridized carbons (Fsp3) is 0.282. The van der Waals surface area contributed by atoms with E-state index in [1.807, 2.05) is 0 Å². The van der Waals surface area contributed by atoms with Crippen molar-refractivity contribution in [1.82, 2.24) is 44.2 Å². The standard InChI is InChI=1S/C39H31ClF6N10O4S/c1-53-27(8-9-47-53)18-4-5-21-25(13-18)49-37(56(38(21)58)28-7-6-24(40)31-33(28)54(2)51-36(31)52-61(3,59)60)26(12-17-10-19(41)14-20(42)11-17)48-29(57)16-55-34-30(32(50-55)35(43)44)22-15-23(22)39(34,45)46/h4-11,13-14,22-23,26,35H,12,15-16H2,1-3H3,(H,48,57)(H,51,52)/t22-,23+,26-/m0/s1. The van der Waals surface area contributed by atoms with E-state index in [0.29, 0.717) is 22.0 Å². The van der Waals surface area contributed by atoms with E-state index < -0.39 is 87.7 Å². The number of halogens is 7. The molecule has 7 aromatic rings. The summed E-state index contributed by atoms with van der Waals surface area (Å²) < 4.78 is 120. The van der Waals surface area contributed by atoms with Crippen LogP contribution in [0.15, 0.2) is 65.6 Å². The minimum atomic E-state index is -3.91. The topological polar surface area (TPSA) is 164 Å². The minimum absolute atomic E-state index is 0.00219. The fourth-order valence-electron chi connectivity index (χ4n) is 8.40. The average molecular weight is 885 g/mol. The lowest BCUT2D eigenvalue weighted by atomic mass is 10.0. The first kappa shape index (κ1) is 40.2. The second-order valence-corrected chi connectivity index (χ2v) is 17.3. The van der Waals surface area contributed by atoms with Gasteiger partial charge in [-0.25, -0.2) is 31.0 Å². The van der Waals surface area contributed by atoms with Crippen molar-refractivity contribution in [3.05, 3.63) is 116 Å². The monoisotopic (exact) mass is 884 g/mol. The number of nitrogens with zero attached hydrogens (tertiary/aromatic N) is 8. The van der Waals surface area contributed by atoms with E-state index >= 15 is 8.78 Å². The molecule has 0 aliphatic heterocycles. The van der Waals surface area contributed by atoms with Crippen molar-refractivity contribution in [2.75, 3.05) is 11.0 Å². The van der Waals surface area contributed by atoms with Gasteiger partial charge in [0.1, 0.15) is 35.4 Å². The maximum absolute atomic E-state index is 15.5. The molecule has 2 N–H and O–H groups in total. The first-order valence-corrected chi connectivity index (χ1v) is 20.8. The van der Waals surface area contributed by atoms with E-state index in [4.69, 9.17) is 16.6 Å². The number of nitrogens with one attached hydrogen (secondary N) is 2. The second-order valence-electron chi connectivity index (χ2n) is 15.1. The number of fused-ring (bicyclic) bond motifs is 5. The molecule has 61 heavy (non-hydrogen) atoms. The van der Waals surface area contributed by atoms with Gasteiger partial charge in [-0.05, 0) is 60.4 Å². The molecule has 14 nitrogen and oxygen atoms in total. The molecule has 0 unspecified atom stereocenters. The summed E-state index contributed by atoms with van der Waals surface area (Å²) in [5.74, 6) is -8.99.